The van der Waals surface area contributed by atoms with E-state index in [2.05, 4.69) is 25.1 Å². The third-order valence-corrected chi connectivity index (χ3v) is 4.46. The van der Waals surface area contributed by atoms with Crippen molar-refractivity contribution >= 4 is 0 Å². The highest BCUT2D eigenvalue weighted by atomic mass is 15.4. The zero-order valence-corrected chi connectivity index (χ0v) is 11.2. The second-order valence-electron chi connectivity index (χ2n) is 5.93. The molecule has 1 saturated carbocycles. The van der Waals surface area contributed by atoms with Crippen LogP contribution < -0.4 is 0 Å². The number of fused-ring (bicyclic) bond motifs is 3. The Morgan fingerprint density at radius 2 is 2.05 bits per heavy atom. The molecule has 0 aromatic carbocycles. The SMILES string of the molecule is Cn1cc(-c2nnc3n2CC2CCCC(C3)C2)nn1. The molecule has 2 bridgehead atoms. The molecule has 0 saturated heterocycles. The van der Waals surface area contributed by atoms with Gasteiger partial charge in [-0.25, -0.2) is 0 Å². The largest absolute Gasteiger partial charge is 0.309 e. The monoisotopic (exact) mass is 258 g/mol. The minimum absolute atomic E-state index is 0.784. The van der Waals surface area contributed by atoms with Crippen LogP contribution in [0.1, 0.15) is 31.5 Å². The van der Waals surface area contributed by atoms with E-state index in [9.17, 15) is 0 Å². The summed E-state index contributed by atoms with van der Waals surface area (Å²) in [5.41, 5.74) is 0.831. The van der Waals surface area contributed by atoms with E-state index < -0.39 is 0 Å². The second kappa shape index (κ2) is 4.15. The molecule has 1 fully saturated rings. The minimum Gasteiger partial charge on any atom is -0.309 e. The molecule has 2 aliphatic rings. The Kier molecular flexibility index (Phi) is 2.43. The van der Waals surface area contributed by atoms with Crippen LogP contribution >= 0.6 is 0 Å². The third-order valence-electron chi connectivity index (χ3n) is 4.46. The van der Waals surface area contributed by atoms with Gasteiger partial charge in [0.05, 0.1) is 6.20 Å². The lowest BCUT2D eigenvalue weighted by atomic mass is 9.81. The highest BCUT2D eigenvalue weighted by Gasteiger charge is 2.30. The average Bonchev–Trinajstić information content (AvgIpc) is 2.95. The van der Waals surface area contributed by atoms with Gasteiger partial charge < -0.3 is 4.57 Å². The molecular formula is C13H18N6. The molecular weight excluding hydrogens is 240 g/mol. The normalized spacial score (nSPS) is 25.9. The van der Waals surface area contributed by atoms with Crippen molar-refractivity contribution in [3.63, 3.8) is 0 Å². The van der Waals surface area contributed by atoms with Gasteiger partial charge in [0.2, 0.25) is 0 Å². The van der Waals surface area contributed by atoms with Crippen molar-refractivity contribution in [2.24, 2.45) is 18.9 Å². The number of aryl methyl sites for hydroxylation is 1. The first kappa shape index (κ1) is 11.1. The van der Waals surface area contributed by atoms with Crippen LogP contribution in [0, 0.1) is 11.8 Å². The lowest BCUT2D eigenvalue weighted by Gasteiger charge is -2.25. The van der Waals surface area contributed by atoms with Crippen molar-refractivity contribution in [2.45, 2.75) is 38.6 Å². The van der Waals surface area contributed by atoms with Gasteiger partial charge in [0.25, 0.3) is 0 Å². The van der Waals surface area contributed by atoms with Crippen LogP contribution in [0.3, 0.4) is 0 Å². The van der Waals surface area contributed by atoms with Crippen LogP contribution in [0.15, 0.2) is 6.20 Å². The van der Waals surface area contributed by atoms with Gasteiger partial charge in [-0.2, -0.15) is 0 Å². The van der Waals surface area contributed by atoms with E-state index in [1.165, 1.54) is 25.7 Å². The van der Waals surface area contributed by atoms with E-state index in [-0.39, 0.29) is 0 Å². The van der Waals surface area contributed by atoms with E-state index in [4.69, 9.17) is 0 Å². The highest BCUT2D eigenvalue weighted by molar-refractivity contribution is 5.47. The minimum atomic E-state index is 0.784. The van der Waals surface area contributed by atoms with Gasteiger partial charge >= 0.3 is 0 Å². The summed E-state index contributed by atoms with van der Waals surface area (Å²) in [5.74, 6) is 3.61. The van der Waals surface area contributed by atoms with Crippen LogP contribution in [0.25, 0.3) is 11.5 Å². The van der Waals surface area contributed by atoms with E-state index in [1.54, 1.807) is 4.68 Å². The van der Waals surface area contributed by atoms with Crippen LogP contribution in [-0.2, 0) is 20.0 Å². The Labute approximate surface area is 111 Å². The number of hydrogen-bond donors (Lipinski definition) is 0. The van der Waals surface area contributed by atoms with Crippen LogP contribution in [0.5, 0.6) is 0 Å². The average molecular weight is 258 g/mol. The number of nitrogens with zero attached hydrogens (tertiary/aromatic N) is 6. The quantitative estimate of drug-likeness (QED) is 0.776. The maximum Gasteiger partial charge on any atom is 0.186 e. The third kappa shape index (κ3) is 1.86. The number of aromatic nitrogens is 6. The van der Waals surface area contributed by atoms with Gasteiger partial charge in [0.15, 0.2) is 11.5 Å². The molecule has 19 heavy (non-hydrogen) atoms. The fourth-order valence-electron chi connectivity index (χ4n) is 3.59. The zero-order chi connectivity index (χ0) is 12.8. The van der Waals surface area contributed by atoms with Gasteiger partial charge in [-0.15, -0.1) is 15.3 Å². The molecule has 1 aliphatic carbocycles. The molecule has 3 heterocycles. The summed E-state index contributed by atoms with van der Waals surface area (Å²) in [6.07, 6.45) is 8.40. The molecule has 0 spiro atoms. The molecule has 0 radical (unpaired) electrons. The van der Waals surface area contributed by atoms with Gasteiger partial charge in [0.1, 0.15) is 5.82 Å². The Hall–Kier alpha value is -1.72. The molecule has 2 aromatic heterocycles. The summed E-state index contributed by atoms with van der Waals surface area (Å²) >= 11 is 0. The van der Waals surface area contributed by atoms with Crippen LogP contribution in [-0.4, -0.2) is 29.8 Å². The Balaban J connectivity index is 1.76. The van der Waals surface area contributed by atoms with Crippen molar-refractivity contribution in [2.75, 3.05) is 0 Å². The van der Waals surface area contributed by atoms with Crippen LogP contribution in [0.2, 0.25) is 0 Å². The number of rotatable bonds is 1. The molecule has 2 unspecified atom stereocenters. The Morgan fingerprint density at radius 3 is 2.89 bits per heavy atom. The Morgan fingerprint density at radius 1 is 1.16 bits per heavy atom. The van der Waals surface area contributed by atoms with E-state index in [1.807, 2.05) is 13.2 Å². The fourth-order valence-corrected chi connectivity index (χ4v) is 3.59. The topological polar surface area (TPSA) is 61.4 Å². The first-order valence-electron chi connectivity index (χ1n) is 7.08. The predicted molar refractivity (Wildman–Crippen MR) is 69.2 cm³/mol. The van der Waals surface area contributed by atoms with Gasteiger partial charge in [0, 0.05) is 20.0 Å². The summed E-state index contributed by atoms with van der Waals surface area (Å²) in [6.45, 7) is 1.05. The molecule has 6 nitrogen and oxygen atoms in total. The van der Waals surface area contributed by atoms with Crippen molar-refractivity contribution in [3.8, 4) is 11.5 Å². The summed E-state index contributed by atoms with van der Waals surface area (Å²) in [4.78, 5) is 0. The zero-order valence-electron chi connectivity index (χ0n) is 11.2. The lowest BCUT2D eigenvalue weighted by Crippen LogP contribution is -2.17. The molecule has 4 rings (SSSR count). The van der Waals surface area contributed by atoms with Crippen molar-refractivity contribution in [1.82, 2.24) is 29.8 Å². The molecule has 2 atom stereocenters. The van der Waals surface area contributed by atoms with E-state index >= 15 is 0 Å². The predicted octanol–water partition coefficient (Wildman–Crippen LogP) is 1.44. The summed E-state index contributed by atoms with van der Waals surface area (Å²) in [7, 11) is 1.88. The van der Waals surface area contributed by atoms with Crippen molar-refractivity contribution in [1.29, 1.82) is 0 Å². The molecule has 2 aromatic rings. The lowest BCUT2D eigenvalue weighted by molar-refractivity contribution is 0.262. The first-order valence-corrected chi connectivity index (χ1v) is 7.08. The molecule has 100 valence electrons. The van der Waals surface area contributed by atoms with Crippen LogP contribution in [0.4, 0.5) is 0 Å². The second-order valence-corrected chi connectivity index (χ2v) is 5.93. The molecule has 0 amide bonds. The van der Waals surface area contributed by atoms with E-state index in [0.29, 0.717) is 0 Å². The summed E-state index contributed by atoms with van der Waals surface area (Å²) < 4.78 is 3.99. The van der Waals surface area contributed by atoms with Crippen molar-refractivity contribution in [3.05, 3.63) is 12.0 Å². The van der Waals surface area contributed by atoms with E-state index in [0.717, 1.165) is 42.1 Å². The van der Waals surface area contributed by atoms with Crippen molar-refractivity contribution < 1.29 is 0 Å². The maximum absolute atomic E-state index is 4.40. The summed E-state index contributed by atoms with van der Waals surface area (Å²) in [5, 5.41) is 16.9. The molecule has 6 heteroatoms. The fraction of sp³-hybridized carbons (Fsp3) is 0.692. The molecule has 0 N–H and O–H groups in total. The van der Waals surface area contributed by atoms with Gasteiger partial charge in [-0.05, 0) is 31.1 Å². The van der Waals surface area contributed by atoms with Gasteiger partial charge in [-0.3, -0.25) is 4.68 Å². The highest BCUT2D eigenvalue weighted by Crippen LogP contribution is 2.36. The Bertz CT molecular complexity index is 598. The smallest absolute Gasteiger partial charge is 0.186 e. The number of hydrogen-bond acceptors (Lipinski definition) is 4. The van der Waals surface area contributed by atoms with Gasteiger partial charge in [-0.1, -0.05) is 11.6 Å². The standard InChI is InChI=1S/C13H18N6/c1-18-8-11(14-17-18)13-16-15-12-6-9-3-2-4-10(5-9)7-19(12)13/h8-10H,2-7H2,1H3. The maximum atomic E-state index is 4.40. The first-order chi connectivity index (χ1) is 9.29. The summed E-state index contributed by atoms with van der Waals surface area (Å²) in [6, 6.07) is 0. The molecule has 1 aliphatic heterocycles.